The highest BCUT2D eigenvalue weighted by molar-refractivity contribution is 6.03. The van der Waals surface area contributed by atoms with Gasteiger partial charge >= 0.3 is 0 Å². The van der Waals surface area contributed by atoms with Crippen LogP contribution in [0, 0.1) is 5.92 Å². The molecule has 0 bridgehead atoms. The quantitative estimate of drug-likeness (QED) is 0.835. The van der Waals surface area contributed by atoms with Gasteiger partial charge in [-0.3, -0.25) is 9.69 Å². The van der Waals surface area contributed by atoms with Crippen molar-refractivity contribution in [3.63, 3.8) is 0 Å². The normalized spacial score (nSPS) is 20.6. The van der Waals surface area contributed by atoms with E-state index in [1.165, 1.54) is 5.56 Å². The second-order valence-electron chi connectivity index (χ2n) is 7.58. The van der Waals surface area contributed by atoms with Gasteiger partial charge in [-0.1, -0.05) is 30.3 Å². The number of Topliss-reactive ketones (excluding diaryl/α,β-unsaturated/α-hetero) is 1. The van der Waals surface area contributed by atoms with Crippen molar-refractivity contribution in [1.82, 2.24) is 10.2 Å². The summed E-state index contributed by atoms with van der Waals surface area (Å²) >= 11 is 0. The Labute approximate surface area is 166 Å². The maximum Gasteiger partial charge on any atom is 0.168 e. The summed E-state index contributed by atoms with van der Waals surface area (Å²) in [6.45, 7) is 3.90. The first-order valence-corrected chi connectivity index (χ1v) is 9.99. The van der Waals surface area contributed by atoms with E-state index in [1.54, 1.807) is 14.2 Å². The van der Waals surface area contributed by atoms with Crippen LogP contribution in [-0.2, 0) is 12.8 Å². The Hall–Kier alpha value is -2.37. The van der Waals surface area contributed by atoms with Crippen LogP contribution in [0.3, 0.4) is 0 Å². The third-order valence-corrected chi connectivity index (χ3v) is 6.02. The van der Waals surface area contributed by atoms with Gasteiger partial charge in [0, 0.05) is 43.7 Å². The maximum atomic E-state index is 13.4. The van der Waals surface area contributed by atoms with Crippen LogP contribution in [-0.4, -0.2) is 57.1 Å². The highest BCUT2D eigenvalue weighted by Gasteiger charge is 2.40. The van der Waals surface area contributed by atoms with E-state index in [2.05, 4.69) is 34.5 Å². The summed E-state index contributed by atoms with van der Waals surface area (Å²) in [4.78, 5) is 15.9. The lowest BCUT2D eigenvalue weighted by atomic mass is 9.88. The van der Waals surface area contributed by atoms with Gasteiger partial charge in [0.25, 0.3) is 0 Å². The Morgan fingerprint density at radius 3 is 2.43 bits per heavy atom. The van der Waals surface area contributed by atoms with Crippen LogP contribution in [0.4, 0.5) is 0 Å². The molecule has 1 saturated heterocycles. The standard InChI is InChI=1S/C23H28N2O3/c1-27-21-14-17-13-19(23(26)18(17)15-22(21)28-2)20(25-10-8-24-9-11-25)12-16-6-4-3-5-7-16/h3-7,14-15,19-20,24H,8-13H2,1-2H3. The van der Waals surface area contributed by atoms with Crippen LogP contribution in [0.15, 0.2) is 42.5 Å². The Bertz CT molecular complexity index is 831. The number of hydrogen-bond donors (Lipinski definition) is 1. The Balaban J connectivity index is 1.65. The average molecular weight is 380 g/mol. The predicted octanol–water partition coefficient (Wildman–Crippen LogP) is 2.58. The van der Waals surface area contributed by atoms with Crippen LogP contribution in [0.5, 0.6) is 11.5 Å². The molecule has 2 aromatic rings. The van der Waals surface area contributed by atoms with Crippen LogP contribution in [0.2, 0.25) is 0 Å². The van der Waals surface area contributed by atoms with Crippen molar-refractivity contribution in [2.45, 2.75) is 18.9 Å². The minimum atomic E-state index is -0.0369. The fourth-order valence-electron chi connectivity index (χ4n) is 4.55. The summed E-state index contributed by atoms with van der Waals surface area (Å²) in [6, 6.07) is 14.5. The molecule has 0 spiro atoms. The van der Waals surface area contributed by atoms with Gasteiger partial charge < -0.3 is 14.8 Å². The van der Waals surface area contributed by atoms with Gasteiger partial charge in [-0.15, -0.1) is 0 Å². The lowest BCUT2D eigenvalue weighted by Crippen LogP contribution is -2.52. The Kier molecular flexibility index (Phi) is 5.64. The molecule has 1 aliphatic carbocycles. The van der Waals surface area contributed by atoms with Crippen LogP contribution < -0.4 is 14.8 Å². The Morgan fingerprint density at radius 2 is 1.75 bits per heavy atom. The van der Waals surface area contributed by atoms with E-state index in [4.69, 9.17) is 9.47 Å². The number of carbonyl (C=O) groups excluding carboxylic acids is 1. The SMILES string of the molecule is COc1cc2c(cc1OC)C(=O)C(C(Cc1ccccc1)N1CCNCC1)C2. The van der Waals surface area contributed by atoms with E-state index in [9.17, 15) is 4.79 Å². The first-order valence-electron chi connectivity index (χ1n) is 9.99. The lowest BCUT2D eigenvalue weighted by molar-refractivity contribution is 0.0772. The second-order valence-corrected chi connectivity index (χ2v) is 7.58. The summed E-state index contributed by atoms with van der Waals surface area (Å²) < 4.78 is 10.9. The minimum Gasteiger partial charge on any atom is -0.493 e. The zero-order chi connectivity index (χ0) is 19.5. The van der Waals surface area contributed by atoms with E-state index in [0.29, 0.717) is 11.5 Å². The molecule has 0 radical (unpaired) electrons. The monoisotopic (exact) mass is 380 g/mol. The van der Waals surface area contributed by atoms with E-state index >= 15 is 0 Å². The number of ketones is 1. The summed E-state index contributed by atoms with van der Waals surface area (Å²) in [7, 11) is 3.25. The second kappa shape index (κ2) is 8.33. The molecule has 2 atom stereocenters. The average Bonchev–Trinajstić information content (AvgIpc) is 3.07. The first-order chi connectivity index (χ1) is 13.7. The van der Waals surface area contributed by atoms with E-state index in [1.807, 2.05) is 18.2 Å². The maximum absolute atomic E-state index is 13.4. The van der Waals surface area contributed by atoms with Gasteiger partial charge in [-0.25, -0.2) is 0 Å². The molecule has 0 saturated carbocycles. The summed E-state index contributed by atoms with van der Waals surface area (Å²) in [5.74, 6) is 1.51. The molecular formula is C23H28N2O3. The van der Waals surface area contributed by atoms with Crippen molar-refractivity contribution in [2.75, 3.05) is 40.4 Å². The van der Waals surface area contributed by atoms with Crippen LogP contribution in [0.1, 0.15) is 21.5 Å². The van der Waals surface area contributed by atoms with Gasteiger partial charge in [0.2, 0.25) is 0 Å². The topological polar surface area (TPSA) is 50.8 Å². The molecular weight excluding hydrogens is 352 g/mol. The zero-order valence-corrected chi connectivity index (χ0v) is 16.6. The third-order valence-electron chi connectivity index (χ3n) is 6.02. The molecule has 5 nitrogen and oxygen atoms in total. The van der Waals surface area contributed by atoms with E-state index in [-0.39, 0.29) is 17.7 Å². The van der Waals surface area contributed by atoms with Crippen molar-refractivity contribution in [3.05, 3.63) is 59.2 Å². The molecule has 148 valence electrons. The molecule has 1 N–H and O–H groups in total. The third kappa shape index (κ3) is 3.64. The van der Waals surface area contributed by atoms with Crippen molar-refractivity contribution < 1.29 is 14.3 Å². The number of rotatable bonds is 6. The first kappa shape index (κ1) is 19.0. The van der Waals surface area contributed by atoms with Gasteiger partial charge in [0.1, 0.15) is 0 Å². The van der Waals surface area contributed by atoms with Crippen molar-refractivity contribution in [2.24, 2.45) is 5.92 Å². The highest BCUT2D eigenvalue weighted by atomic mass is 16.5. The van der Waals surface area contributed by atoms with Crippen LogP contribution in [0.25, 0.3) is 0 Å². The molecule has 28 heavy (non-hydrogen) atoms. The molecule has 4 rings (SSSR count). The smallest absolute Gasteiger partial charge is 0.168 e. The van der Waals surface area contributed by atoms with Crippen LogP contribution >= 0.6 is 0 Å². The van der Waals surface area contributed by atoms with Gasteiger partial charge in [0.05, 0.1) is 14.2 Å². The number of hydrogen-bond acceptors (Lipinski definition) is 5. The number of nitrogens with one attached hydrogen (secondary N) is 1. The largest absolute Gasteiger partial charge is 0.493 e. The molecule has 0 aromatic heterocycles. The Morgan fingerprint density at radius 1 is 1.07 bits per heavy atom. The van der Waals surface area contributed by atoms with Crippen molar-refractivity contribution in [3.8, 4) is 11.5 Å². The molecule has 1 aliphatic heterocycles. The van der Waals surface area contributed by atoms with Gasteiger partial charge in [-0.05, 0) is 36.1 Å². The fraction of sp³-hybridized carbons (Fsp3) is 0.435. The number of fused-ring (bicyclic) bond motifs is 1. The van der Waals surface area contributed by atoms with Gasteiger partial charge in [-0.2, -0.15) is 0 Å². The number of methoxy groups -OCH3 is 2. The minimum absolute atomic E-state index is 0.0369. The lowest BCUT2D eigenvalue weighted by Gasteiger charge is -2.38. The predicted molar refractivity (Wildman–Crippen MR) is 109 cm³/mol. The molecule has 2 aliphatic rings. The number of benzene rings is 2. The molecule has 2 unspecified atom stereocenters. The number of ether oxygens (including phenoxy) is 2. The zero-order valence-electron chi connectivity index (χ0n) is 16.6. The summed E-state index contributed by atoms with van der Waals surface area (Å²) in [6.07, 6.45) is 1.65. The highest BCUT2D eigenvalue weighted by Crippen LogP contribution is 2.39. The molecule has 0 amide bonds. The van der Waals surface area contributed by atoms with E-state index < -0.39 is 0 Å². The molecule has 1 heterocycles. The van der Waals surface area contributed by atoms with Gasteiger partial charge in [0.15, 0.2) is 17.3 Å². The fourth-order valence-corrected chi connectivity index (χ4v) is 4.55. The van der Waals surface area contributed by atoms with Crippen molar-refractivity contribution in [1.29, 1.82) is 0 Å². The number of piperazine rings is 1. The number of carbonyl (C=O) groups is 1. The number of nitrogens with zero attached hydrogens (tertiary/aromatic N) is 1. The molecule has 2 aromatic carbocycles. The summed E-state index contributed by atoms with van der Waals surface area (Å²) in [5.41, 5.74) is 3.14. The molecule has 1 fully saturated rings. The van der Waals surface area contributed by atoms with E-state index in [0.717, 1.165) is 50.1 Å². The van der Waals surface area contributed by atoms with Crippen molar-refractivity contribution >= 4 is 5.78 Å². The summed E-state index contributed by atoms with van der Waals surface area (Å²) in [5, 5.41) is 3.42. The molecule has 5 heteroatoms.